The van der Waals surface area contributed by atoms with Crippen molar-refractivity contribution in [1.29, 1.82) is 0 Å². The minimum Gasteiger partial charge on any atom is -0.319 e. The second kappa shape index (κ2) is 3.60. The van der Waals surface area contributed by atoms with Gasteiger partial charge in [-0.1, -0.05) is 30.3 Å². The zero-order chi connectivity index (χ0) is 9.97. The molecule has 2 rings (SSSR count). The number of benzene rings is 1. The molecule has 1 atom stereocenters. The molecule has 1 unspecified atom stereocenters. The third kappa shape index (κ3) is 1.40. The number of pyridine rings is 1. The highest BCUT2D eigenvalue weighted by Gasteiger charge is 2.06. The summed E-state index contributed by atoms with van der Waals surface area (Å²) in [5.41, 5.74) is 6.77. The highest BCUT2D eigenvalue weighted by molar-refractivity contribution is 5.84. The number of nitrogens with two attached hydrogens (primary N) is 1. The second-order valence-corrected chi connectivity index (χ2v) is 3.18. The van der Waals surface area contributed by atoms with Crippen molar-refractivity contribution in [2.45, 2.75) is 6.04 Å². The Morgan fingerprint density at radius 2 is 2.07 bits per heavy atom. The van der Waals surface area contributed by atoms with Gasteiger partial charge >= 0.3 is 0 Å². The minimum absolute atomic E-state index is 0.193. The highest BCUT2D eigenvalue weighted by Crippen LogP contribution is 2.20. The fourth-order valence-electron chi connectivity index (χ4n) is 1.52. The number of aromatic nitrogens is 1. The van der Waals surface area contributed by atoms with Gasteiger partial charge < -0.3 is 5.73 Å². The van der Waals surface area contributed by atoms with Crippen LogP contribution in [-0.4, -0.2) is 4.98 Å². The molecule has 1 aromatic heterocycles. The summed E-state index contributed by atoms with van der Waals surface area (Å²) < 4.78 is 0. The van der Waals surface area contributed by atoms with E-state index in [0.717, 1.165) is 16.5 Å². The summed E-state index contributed by atoms with van der Waals surface area (Å²) in [6.07, 6.45) is 3.48. The standard InChI is InChI=1S/C12H12N2/c1-2-11(13)12-10-6-4-3-5-9(10)7-8-14-12/h2-8,11H,1,13H2. The maximum atomic E-state index is 5.88. The smallest absolute Gasteiger partial charge is 0.0688 e. The fraction of sp³-hybridized carbons (Fsp3) is 0.0833. The first-order valence-electron chi connectivity index (χ1n) is 4.54. The predicted octanol–water partition coefficient (Wildman–Crippen LogP) is 2.42. The van der Waals surface area contributed by atoms with Gasteiger partial charge in [0.2, 0.25) is 0 Å². The second-order valence-electron chi connectivity index (χ2n) is 3.18. The van der Waals surface area contributed by atoms with Crippen LogP contribution in [0.25, 0.3) is 10.8 Å². The molecule has 0 bridgehead atoms. The molecular weight excluding hydrogens is 172 g/mol. The van der Waals surface area contributed by atoms with Gasteiger partial charge in [-0.2, -0.15) is 0 Å². The first-order valence-corrected chi connectivity index (χ1v) is 4.54. The summed E-state index contributed by atoms with van der Waals surface area (Å²) in [6.45, 7) is 3.68. The molecule has 0 aliphatic carbocycles. The van der Waals surface area contributed by atoms with E-state index in [0.29, 0.717) is 0 Å². The fourth-order valence-corrected chi connectivity index (χ4v) is 1.52. The van der Waals surface area contributed by atoms with E-state index in [1.807, 2.05) is 24.3 Å². The normalized spacial score (nSPS) is 12.6. The third-order valence-corrected chi connectivity index (χ3v) is 2.27. The number of hydrogen-bond acceptors (Lipinski definition) is 2. The molecule has 2 N–H and O–H groups in total. The van der Waals surface area contributed by atoms with Crippen molar-refractivity contribution in [3.05, 3.63) is 54.9 Å². The monoisotopic (exact) mass is 184 g/mol. The summed E-state index contributed by atoms with van der Waals surface area (Å²) >= 11 is 0. The largest absolute Gasteiger partial charge is 0.319 e. The van der Waals surface area contributed by atoms with E-state index in [1.165, 1.54) is 0 Å². The van der Waals surface area contributed by atoms with Crippen molar-refractivity contribution in [1.82, 2.24) is 4.98 Å². The SMILES string of the molecule is C=CC(N)c1nccc2ccccc12. The number of nitrogens with zero attached hydrogens (tertiary/aromatic N) is 1. The van der Waals surface area contributed by atoms with Gasteiger partial charge in [-0.25, -0.2) is 0 Å². The average molecular weight is 184 g/mol. The maximum Gasteiger partial charge on any atom is 0.0688 e. The van der Waals surface area contributed by atoms with E-state index in [4.69, 9.17) is 5.73 Å². The first kappa shape index (κ1) is 8.91. The summed E-state index contributed by atoms with van der Waals surface area (Å²) in [5, 5.41) is 2.26. The lowest BCUT2D eigenvalue weighted by Crippen LogP contribution is -2.08. The van der Waals surface area contributed by atoms with Crippen LogP contribution in [0.2, 0.25) is 0 Å². The molecule has 0 saturated carbocycles. The van der Waals surface area contributed by atoms with Crippen molar-refractivity contribution in [2.24, 2.45) is 5.73 Å². The first-order chi connectivity index (χ1) is 6.83. The molecule has 1 heterocycles. The van der Waals surface area contributed by atoms with E-state index < -0.39 is 0 Å². The molecular formula is C12H12N2. The van der Waals surface area contributed by atoms with Crippen LogP contribution in [0.15, 0.2) is 49.2 Å². The Labute approximate surface area is 83.1 Å². The van der Waals surface area contributed by atoms with Crippen molar-refractivity contribution >= 4 is 10.8 Å². The van der Waals surface area contributed by atoms with Gasteiger partial charge in [0.05, 0.1) is 11.7 Å². The van der Waals surface area contributed by atoms with Gasteiger partial charge in [0.25, 0.3) is 0 Å². The van der Waals surface area contributed by atoms with Crippen LogP contribution in [-0.2, 0) is 0 Å². The molecule has 0 spiro atoms. The van der Waals surface area contributed by atoms with Crippen molar-refractivity contribution < 1.29 is 0 Å². The molecule has 2 heteroatoms. The summed E-state index contributed by atoms with van der Waals surface area (Å²) in [4.78, 5) is 4.28. The van der Waals surface area contributed by atoms with Gasteiger partial charge in [-0.15, -0.1) is 6.58 Å². The van der Waals surface area contributed by atoms with Crippen LogP contribution in [0.5, 0.6) is 0 Å². The molecule has 2 aromatic rings. The number of hydrogen-bond donors (Lipinski definition) is 1. The lowest BCUT2D eigenvalue weighted by atomic mass is 10.1. The summed E-state index contributed by atoms with van der Waals surface area (Å²) in [7, 11) is 0. The van der Waals surface area contributed by atoms with E-state index in [2.05, 4.69) is 17.6 Å². The van der Waals surface area contributed by atoms with Gasteiger partial charge in [-0.05, 0) is 11.5 Å². The molecule has 1 aromatic carbocycles. The van der Waals surface area contributed by atoms with Crippen LogP contribution in [0.1, 0.15) is 11.7 Å². The maximum absolute atomic E-state index is 5.88. The van der Waals surface area contributed by atoms with Gasteiger partial charge in [0, 0.05) is 11.6 Å². The highest BCUT2D eigenvalue weighted by atomic mass is 14.8. The molecule has 0 aliphatic rings. The molecule has 0 radical (unpaired) electrons. The zero-order valence-corrected chi connectivity index (χ0v) is 7.85. The van der Waals surface area contributed by atoms with Crippen LogP contribution in [0.4, 0.5) is 0 Å². The Kier molecular flexibility index (Phi) is 2.29. The van der Waals surface area contributed by atoms with Crippen molar-refractivity contribution in [3.8, 4) is 0 Å². The molecule has 0 aliphatic heterocycles. The zero-order valence-electron chi connectivity index (χ0n) is 7.85. The lowest BCUT2D eigenvalue weighted by molar-refractivity contribution is 0.877. The van der Waals surface area contributed by atoms with Crippen molar-refractivity contribution in [2.75, 3.05) is 0 Å². The van der Waals surface area contributed by atoms with E-state index in [9.17, 15) is 0 Å². The molecule has 70 valence electrons. The number of rotatable bonds is 2. The quantitative estimate of drug-likeness (QED) is 0.728. The Morgan fingerprint density at radius 3 is 2.86 bits per heavy atom. The average Bonchev–Trinajstić information content (AvgIpc) is 2.27. The Hall–Kier alpha value is -1.67. The summed E-state index contributed by atoms with van der Waals surface area (Å²) in [6, 6.07) is 9.86. The van der Waals surface area contributed by atoms with E-state index >= 15 is 0 Å². The van der Waals surface area contributed by atoms with Crippen LogP contribution >= 0.6 is 0 Å². The molecule has 2 nitrogen and oxygen atoms in total. The Balaban J connectivity index is 2.70. The topological polar surface area (TPSA) is 38.9 Å². The van der Waals surface area contributed by atoms with Crippen molar-refractivity contribution in [3.63, 3.8) is 0 Å². The summed E-state index contributed by atoms with van der Waals surface area (Å²) in [5.74, 6) is 0. The van der Waals surface area contributed by atoms with E-state index in [-0.39, 0.29) is 6.04 Å². The van der Waals surface area contributed by atoms with Gasteiger partial charge in [0.15, 0.2) is 0 Å². The Bertz CT molecular complexity index is 457. The number of fused-ring (bicyclic) bond motifs is 1. The van der Waals surface area contributed by atoms with Crippen LogP contribution in [0, 0.1) is 0 Å². The van der Waals surface area contributed by atoms with E-state index in [1.54, 1.807) is 12.3 Å². The Morgan fingerprint density at radius 1 is 1.29 bits per heavy atom. The van der Waals surface area contributed by atoms with Gasteiger partial charge in [0.1, 0.15) is 0 Å². The molecule has 0 saturated heterocycles. The minimum atomic E-state index is -0.193. The molecule has 14 heavy (non-hydrogen) atoms. The lowest BCUT2D eigenvalue weighted by Gasteiger charge is -2.08. The molecule has 0 amide bonds. The van der Waals surface area contributed by atoms with Gasteiger partial charge in [-0.3, -0.25) is 4.98 Å². The molecule has 0 fully saturated rings. The van der Waals surface area contributed by atoms with Crippen LogP contribution < -0.4 is 5.73 Å². The third-order valence-electron chi connectivity index (χ3n) is 2.27. The predicted molar refractivity (Wildman–Crippen MR) is 58.9 cm³/mol. The van der Waals surface area contributed by atoms with Crippen LogP contribution in [0.3, 0.4) is 0 Å².